The number of carbonyl (C=O) groups excluding carboxylic acids is 1. The van der Waals surface area contributed by atoms with Crippen molar-refractivity contribution in [1.82, 2.24) is 15.2 Å². The quantitative estimate of drug-likeness (QED) is 0.828. The number of hydrogen-bond donors (Lipinski definition) is 2. The molecule has 2 N–H and O–H groups in total. The van der Waals surface area contributed by atoms with Gasteiger partial charge < -0.3 is 5.32 Å². The number of amides is 1. The topological polar surface area (TPSA) is 70.7 Å². The molecule has 0 bridgehead atoms. The summed E-state index contributed by atoms with van der Waals surface area (Å²) in [5.41, 5.74) is 1.17. The second kappa shape index (κ2) is 4.39. The van der Waals surface area contributed by atoms with Gasteiger partial charge in [-0.15, -0.1) is 0 Å². The van der Waals surface area contributed by atoms with Gasteiger partial charge in [0.1, 0.15) is 5.69 Å². The van der Waals surface area contributed by atoms with Crippen molar-refractivity contribution in [3.63, 3.8) is 0 Å². The number of halogens is 1. The zero-order valence-electron chi connectivity index (χ0n) is 7.57. The minimum Gasteiger partial charge on any atom is -0.321 e. The maximum absolute atomic E-state index is 11.7. The molecule has 0 aliphatic carbocycles. The highest BCUT2D eigenvalue weighted by Crippen LogP contribution is 2.11. The third kappa shape index (κ3) is 2.32. The molecule has 2 rings (SSSR count). The van der Waals surface area contributed by atoms with Crippen molar-refractivity contribution in [2.24, 2.45) is 0 Å². The molecule has 0 fully saturated rings. The van der Waals surface area contributed by atoms with E-state index in [1.807, 2.05) is 22.6 Å². The van der Waals surface area contributed by atoms with Crippen molar-refractivity contribution in [2.45, 2.75) is 0 Å². The first kappa shape index (κ1) is 10.1. The van der Waals surface area contributed by atoms with Crippen molar-refractivity contribution in [3.8, 4) is 0 Å². The number of pyridine rings is 1. The molecule has 6 heteroatoms. The first-order valence-corrected chi connectivity index (χ1v) is 5.25. The Hall–Kier alpha value is -1.44. The van der Waals surface area contributed by atoms with Crippen LogP contribution in [0, 0.1) is 3.57 Å². The van der Waals surface area contributed by atoms with Crippen LogP contribution in [0.2, 0.25) is 0 Å². The van der Waals surface area contributed by atoms with Gasteiger partial charge in [0.05, 0.1) is 9.77 Å². The molecule has 0 saturated heterocycles. The predicted octanol–water partition coefficient (Wildman–Crippen LogP) is 1.66. The Morgan fingerprint density at radius 3 is 2.73 bits per heavy atom. The molecule has 0 aromatic carbocycles. The summed E-state index contributed by atoms with van der Waals surface area (Å²) in [6.07, 6.45) is 4.84. The minimum absolute atomic E-state index is 0.205. The molecular formula is C9H7IN4O. The summed E-state index contributed by atoms with van der Waals surface area (Å²) in [4.78, 5) is 15.5. The number of nitrogens with zero attached hydrogens (tertiary/aromatic N) is 2. The van der Waals surface area contributed by atoms with Crippen LogP contribution in [0.4, 0.5) is 5.69 Å². The van der Waals surface area contributed by atoms with E-state index in [0.29, 0.717) is 11.4 Å². The van der Waals surface area contributed by atoms with E-state index in [-0.39, 0.29) is 5.91 Å². The van der Waals surface area contributed by atoms with Crippen LogP contribution in [0.1, 0.15) is 10.5 Å². The molecule has 76 valence electrons. The van der Waals surface area contributed by atoms with E-state index >= 15 is 0 Å². The second-order valence-corrected chi connectivity index (χ2v) is 3.95. The Morgan fingerprint density at radius 1 is 1.40 bits per heavy atom. The number of rotatable bonds is 2. The van der Waals surface area contributed by atoms with Crippen molar-refractivity contribution in [3.05, 3.63) is 40.0 Å². The van der Waals surface area contributed by atoms with Crippen LogP contribution in [-0.2, 0) is 0 Å². The normalized spacial score (nSPS) is 9.93. The summed E-state index contributed by atoms with van der Waals surface area (Å²) in [6, 6.07) is 3.45. The predicted molar refractivity (Wildman–Crippen MR) is 63.5 cm³/mol. The van der Waals surface area contributed by atoms with Gasteiger partial charge in [0.2, 0.25) is 0 Å². The number of hydrogen-bond acceptors (Lipinski definition) is 3. The van der Waals surface area contributed by atoms with Crippen molar-refractivity contribution >= 4 is 34.2 Å². The summed E-state index contributed by atoms with van der Waals surface area (Å²) in [7, 11) is 0. The Kier molecular flexibility index (Phi) is 2.95. The molecule has 0 radical (unpaired) electrons. The van der Waals surface area contributed by atoms with Crippen molar-refractivity contribution in [2.75, 3.05) is 5.32 Å². The number of aromatic amines is 1. The third-order valence-corrected chi connectivity index (χ3v) is 2.58. The monoisotopic (exact) mass is 314 g/mol. The lowest BCUT2D eigenvalue weighted by Crippen LogP contribution is -2.13. The highest BCUT2D eigenvalue weighted by molar-refractivity contribution is 14.1. The first-order chi connectivity index (χ1) is 7.27. The lowest BCUT2D eigenvalue weighted by Gasteiger charge is -2.02. The number of carbonyl (C=O) groups is 1. The van der Waals surface area contributed by atoms with Crippen LogP contribution in [-0.4, -0.2) is 21.1 Å². The molecular weight excluding hydrogens is 307 g/mol. The molecule has 0 unspecified atom stereocenters. The summed E-state index contributed by atoms with van der Waals surface area (Å²) >= 11 is 2.05. The maximum atomic E-state index is 11.7. The Labute approximate surface area is 99.4 Å². The van der Waals surface area contributed by atoms with E-state index in [4.69, 9.17) is 0 Å². The van der Waals surface area contributed by atoms with Crippen LogP contribution < -0.4 is 5.32 Å². The average Bonchev–Trinajstić information content (AvgIpc) is 2.66. The fourth-order valence-corrected chi connectivity index (χ4v) is 1.56. The van der Waals surface area contributed by atoms with Gasteiger partial charge in [-0.05, 0) is 34.7 Å². The molecule has 2 heterocycles. The van der Waals surface area contributed by atoms with Gasteiger partial charge >= 0.3 is 0 Å². The fraction of sp³-hybridized carbons (Fsp3) is 0. The fourth-order valence-electron chi connectivity index (χ4n) is 1.06. The van der Waals surface area contributed by atoms with Gasteiger partial charge in [-0.1, -0.05) is 0 Å². The van der Waals surface area contributed by atoms with Crippen molar-refractivity contribution in [1.29, 1.82) is 0 Å². The average molecular weight is 314 g/mol. The lowest BCUT2D eigenvalue weighted by molar-refractivity contribution is 0.102. The van der Waals surface area contributed by atoms with Gasteiger partial charge in [-0.3, -0.25) is 14.9 Å². The molecule has 1 amide bonds. The number of aromatic nitrogens is 3. The Bertz CT molecular complexity index is 468. The molecule has 0 aliphatic rings. The van der Waals surface area contributed by atoms with Crippen molar-refractivity contribution < 1.29 is 4.79 Å². The van der Waals surface area contributed by atoms with Crippen LogP contribution in [0.3, 0.4) is 0 Å². The molecule has 15 heavy (non-hydrogen) atoms. The molecule has 2 aromatic heterocycles. The minimum atomic E-state index is -0.205. The lowest BCUT2D eigenvalue weighted by atomic mass is 10.3. The SMILES string of the molecule is O=C(Nc1ccncc1)c1[nH]ncc1I. The Balaban J connectivity index is 2.15. The van der Waals surface area contributed by atoms with Gasteiger partial charge in [0.25, 0.3) is 5.91 Å². The van der Waals surface area contributed by atoms with Crippen LogP contribution >= 0.6 is 22.6 Å². The Morgan fingerprint density at radius 2 is 2.13 bits per heavy atom. The van der Waals surface area contributed by atoms with Crippen LogP contribution in [0.25, 0.3) is 0 Å². The van der Waals surface area contributed by atoms with E-state index in [0.717, 1.165) is 3.57 Å². The molecule has 2 aromatic rings. The standard InChI is InChI=1S/C9H7IN4O/c10-7-5-12-14-8(7)9(15)13-6-1-3-11-4-2-6/h1-5H,(H,12,14)(H,11,13,15). The van der Waals surface area contributed by atoms with Gasteiger partial charge in [-0.2, -0.15) is 5.10 Å². The maximum Gasteiger partial charge on any atom is 0.274 e. The summed E-state index contributed by atoms with van der Waals surface area (Å²) in [5.74, 6) is -0.205. The van der Waals surface area contributed by atoms with Crippen LogP contribution in [0.15, 0.2) is 30.7 Å². The van der Waals surface area contributed by atoms with E-state index in [1.54, 1.807) is 30.7 Å². The number of nitrogens with one attached hydrogen (secondary N) is 2. The smallest absolute Gasteiger partial charge is 0.274 e. The zero-order valence-corrected chi connectivity index (χ0v) is 9.72. The third-order valence-electron chi connectivity index (χ3n) is 1.76. The largest absolute Gasteiger partial charge is 0.321 e. The highest BCUT2D eigenvalue weighted by atomic mass is 127. The molecule has 5 nitrogen and oxygen atoms in total. The molecule has 0 aliphatic heterocycles. The van der Waals surface area contributed by atoms with Gasteiger partial charge in [0, 0.05) is 18.1 Å². The molecule has 0 atom stereocenters. The molecule has 0 saturated carbocycles. The summed E-state index contributed by atoms with van der Waals surface area (Å²) in [6.45, 7) is 0. The second-order valence-electron chi connectivity index (χ2n) is 2.78. The van der Waals surface area contributed by atoms with E-state index < -0.39 is 0 Å². The van der Waals surface area contributed by atoms with E-state index in [2.05, 4.69) is 20.5 Å². The molecule has 0 spiro atoms. The van der Waals surface area contributed by atoms with Crippen LogP contribution in [0.5, 0.6) is 0 Å². The zero-order chi connectivity index (χ0) is 10.7. The highest BCUT2D eigenvalue weighted by Gasteiger charge is 2.11. The van der Waals surface area contributed by atoms with Gasteiger partial charge in [-0.25, -0.2) is 0 Å². The summed E-state index contributed by atoms with van der Waals surface area (Å²) < 4.78 is 0.791. The van der Waals surface area contributed by atoms with E-state index in [1.165, 1.54) is 0 Å². The number of anilines is 1. The number of H-pyrrole nitrogens is 1. The first-order valence-electron chi connectivity index (χ1n) is 4.17. The van der Waals surface area contributed by atoms with Gasteiger partial charge in [0.15, 0.2) is 0 Å². The van der Waals surface area contributed by atoms with E-state index in [9.17, 15) is 4.79 Å². The summed E-state index contributed by atoms with van der Waals surface area (Å²) in [5, 5.41) is 9.15.